The lowest BCUT2D eigenvalue weighted by Gasteiger charge is -2.04. The maximum Gasteiger partial charge on any atom is 0.240 e. The van der Waals surface area contributed by atoms with Gasteiger partial charge in [-0.15, -0.1) is 6.42 Å². The van der Waals surface area contributed by atoms with E-state index in [-0.39, 0.29) is 19.0 Å². The molecule has 0 aromatic carbocycles. The number of terminal acetylenes is 1. The molecular formula is C10H10BrN3O. The maximum absolute atomic E-state index is 11.1. The van der Waals surface area contributed by atoms with E-state index >= 15 is 0 Å². The minimum absolute atomic E-state index is 0.155. The molecular weight excluding hydrogens is 258 g/mol. The summed E-state index contributed by atoms with van der Waals surface area (Å²) >= 11 is 3.27. The minimum Gasteiger partial charge on any atom is -0.361 e. The number of anilines is 1. The first-order valence-electron chi connectivity index (χ1n) is 4.28. The molecule has 0 aliphatic heterocycles. The van der Waals surface area contributed by atoms with Crippen LogP contribution in [0.3, 0.4) is 0 Å². The summed E-state index contributed by atoms with van der Waals surface area (Å²) in [4.78, 5) is 15.2. The molecule has 0 bridgehead atoms. The Labute approximate surface area is 96.6 Å². The average molecular weight is 268 g/mol. The highest BCUT2D eigenvalue weighted by Gasteiger charge is 1.99. The van der Waals surface area contributed by atoms with E-state index in [0.29, 0.717) is 5.82 Å². The summed E-state index contributed by atoms with van der Waals surface area (Å²) in [5.74, 6) is 2.82. The van der Waals surface area contributed by atoms with Crippen molar-refractivity contribution >= 4 is 27.7 Å². The fraction of sp³-hybridized carbons (Fsp3) is 0.200. The lowest BCUT2D eigenvalue weighted by Crippen LogP contribution is -2.30. The third-order valence-corrected chi connectivity index (χ3v) is 2.01. The largest absolute Gasteiger partial charge is 0.361 e. The summed E-state index contributed by atoms with van der Waals surface area (Å²) in [7, 11) is 0. The fourth-order valence-electron chi connectivity index (χ4n) is 0.863. The number of pyridine rings is 1. The second kappa shape index (κ2) is 6.04. The van der Waals surface area contributed by atoms with Gasteiger partial charge in [0.2, 0.25) is 5.91 Å². The third kappa shape index (κ3) is 4.47. The molecule has 0 aliphatic carbocycles. The van der Waals surface area contributed by atoms with Crippen molar-refractivity contribution in [2.75, 3.05) is 18.4 Å². The molecule has 0 saturated carbocycles. The molecule has 0 unspecified atom stereocenters. The Balaban J connectivity index is 2.34. The summed E-state index contributed by atoms with van der Waals surface area (Å²) in [5, 5.41) is 5.41. The Hall–Kier alpha value is -1.54. The lowest BCUT2D eigenvalue weighted by molar-refractivity contribution is -0.119. The van der Waals surface area contributed by atoms with Crippen LogP contribution in [-0.2, 0) is 4.79 Å². The number of hydrogen-bond acceptors (Lipinski definition) is 3. The zero-order valence-electron chi connectivity index (χ0n) is 7.96. The molecule has 78 valence electrons. The number of nitrogens with one attached hydrogen (secondary N) is 2. The number of rotatable bonds is 4. The van der Waals surface area contributed by atoms with E-state index < -0.39 is 0 Å². The zero-order chi connectivity index (χ0) is 11.1. The van der Waals surface area contributed by atoms with Crippen LogP contribution in [-0.4, -0.2) is 24.0 Å². The average Bonchev–Trinajstić information content (AvgIpc) is 2.25. The topological polar surface area (TPSA) is 54.0 Å². The molecule has 1 rings (SSSR count). The van der Waals surface area contributed by atoms with Gasteiger partial charge in [-0.05, 0) is 28.1 Å². The van der Waals surface area contributed by atoms with Gasteiger partial charge in [0.1, 0.15) is 5.82 Å². The number of nitrogens with zero attached hydrogens (tertiary/aromatic N) is 1. The van der Waals surface area contributed by atoms with Crippen molar-refractivity contribution in [3.8, 4) is 12.3 Å². The van der Waals surface area contributed by atoms with Gasteiger partial charge in [0.25, 0.3) is 0 Å². The van der Waals surface area contributed by atoms with Gasteiger partial charge in [0, 0.05) is 10.7 Å². The first kappa shape index (κ1) is 11.5. The van der Waals surface area contributed by atoms with Crippen LogP contribution in [0.2, 0.25) is 0 Å². The predicted octanol–water partition coefficient (Wildman–Crippen LogP) is 1.01. The van der Waals surface area contributed by atoms with Crippen LogP contribution in [0.5, 0.6) is 0 Å². The highest BCUT2D eigenvalue weighted by molar-refractivity contribution is 9.10. The summed E-state index contributed by atoms with van der Waals surface area (Å²) in [6.07, 6.45) is 6.65. The van der Waals surface area contributed by atoms with Gasteiger partial charge < -0.3 is 10.6 Å². The van der Waals surface area contributed by atoms with E-state index in [1.807, 2.05) is 6.07 Å². The molecule has 4 nitrogen and oxygen atoms in total. The van der Waals surface area contributed by atoms with Crippen LogP contribution in [0.1, 0.15) is 0 Å². The van der Waals surface area contributed by atoms with Crippen molar-refractivity contribution in [2.45, 2.75) is 0 Å². The lowest BCUT2D eigenvalue weighted by atomic mass is 10.4. The number of hydrogen-bond donors (Lipinski definition) is 2. The van der Waals surface area contributed by atoms with Crippen molar-refractivity contribution < 1.29 is 4.79 Å². The van der Waals surface area contributed by atoms with Crippen molar-refractivity contribution in [3.63, 3.8) is 0 Å². The van der Waals surface area contributed by atoms with Gasteiger partial charge in [-0.25, -0.2) is 4.98 Å². The van der Waals surface area contributed by atoms with E-state index in [9.17, 15) is 4.79 Å². The number of aromatic nitrogens is 1. The van der Waals surface area contributed by atoms with Crippen molar-refractivity contribution in [2.24, 2.45) is 0 Å². The molecule has 2 N–H and O–H groups in total. The maximum atomic E-state index is 11.1. The Bertz CT molecular complexity index is 369. The van der Waals surface area contributed by atoms with Crippen molar-refractivity contribution in [1.82, 2.24) is 10.3 Å². The van der Waals surface area contributed by atoms with Gasteiger partial charge in [0.05, 0.1) is 13.1 Å². The first-order valence-corrected chi connectivity index (χ1v) is 5.07. The molecule has 0 saturated heterocycles. The number of amides is 1. The normalized spacial score (nSPS) is 9.07. The first-order chi connectivity index (χ1) is 7.22. The second-order valence-corrected chi connectivity index (χ2v) is 3.61. The van der Waals surface area contributed by atoms with Crippen LogP contribution >= 0.6 is 15.9 Å². The molecule has 1 aromatic heterocycles. The standard InChI is InChI=1S/C10H10BrN3O/c1-2-5-12-10(15)7-14-9-4-3-8(11)6-13-9/h1,3-4,6H,5,7H2,(H,12,15)(H,13,14). The predicted molar refractivity (Wildman–Crippen MR) is 62.3 cm³/mol. The molecule has 1 aromatic rings. The number of halogens is 1. The van der Waals surface area contributed by atoms with E-state index in [1.165, 1.54) is 0 Å². The quantitative estimate of drug-likeness (QED) is 0.801. The summed E-state index contributed by atoms with van der Waals surface area (Å²) in [6, 6.07) is 3.62. The summed E-state index contributed by atoms with van der Waals surface area (Å²) < 4.78 is 0.893. The monoisotopic (exact) mass is 267 g/mol. The van der Waals surface area contributed by atoms with Crippen LogP contribution in [0.4, 0.5) is 5.82 Å². The Morgan fingerprint density at radius 2 is 2.40 bits per heavy atom. The molecule has 0 aliphatic rings. The van der Waals surface area contributed by atoms with E-state index in [1.54, 1.807) is 12.3 Å². The molecule has 0 fully saturated rings. The highest BCUT2D eigenvalue weighted by atomic mass is 79.9. The molecule has 1 heterocycles. The van der Waals surface area contributed by atoms with Crippen LogP contribution in [0.25, 0.3) is 0 Å². The van der Waals surface area contributed by atoms with Gasteiger partial charge in [-0.3, -0.25) is 4.79 Å². The smallest absolute Gasteiger partial charge is 0.240 e. The van der Waals surface area contributed by atoms with Crippen LogP contribution in [0.15, 0.2) is 22.8 Å². The number of carbonyl (C=O) groups is 1. The van der Waals surface area contributed by atoms with Gasteiger partial charge in [-0.1, -0.05) is 5.92 Å². The van der Waals surface area contributed by atoms with Gasteiger partial charge >= 0.3 is 0 Å². The van der Waals surface area contributed by atoms with E-state index in [0.717, 1.165) is 4.47 Å². The Morgan fingerprint density at radius 3 is 3.00 bits per heavy atom. The SMILES string of the molecule is C#CCNC(=O)CNc1ccc(Br)cn1. The second-order valence-electron chi connectivity index (χ2n) is 2.70. The molecule has 1 amide bonds. The number of carbonyl (C=O) groups excluding carboxylic acids is 1. The van der Waals surface area contributed by atoms with Crippen molar-refractivity contribution in [3.05, 3.63) is 22.8 Å². The van der Waals surface area contributed by atoms with Crippen LogP contribution < -0.4 is 10.6 Å². The third-order valence-electron chi connectivity index (χ3n) is 1.55. The fourth-order valence-corrected chi connectivity index (χ4v) is 1.10. The van der Waals surface area contributed by atoms with Crippen LogP contribution in [0, 0.1) is 12.3 Å². The minimum atomic E-state index is -0.155. The van der Waals surface area contributed by atoms with Gasteiger partial charge in [0.15, 0.2) is 0 Å². The molecule has 5 heteroatoms. The Kier molecular flexibility index (Phi) is 4.64. The molecule has 0 atom stereocenters. The summed E-state index contributed by atoms with van der Waals surface area (Å²) in [6.45, 7) is 0.407. The molecule has 0 spiro atoms. The summed E-state index contributed by atoms with van der Waals surface area (Å²) in [5.41, 5.74) is 0. The van der Waals surface area contributed by atoms with Crippen molar-refractivity contribution in [1.29, 1.82) is 0 Å². The highest BCUT2D eigenvalue weighted by Crippen LogP contribution is 2.09. The molecule has 0 radical (unpaired) electrons. The zero-order valence-corrected chi connectivity index (χ0v) is 9.54. The Morgan fingerprint density at radius 1 is 1.60 bits per heavy atom. The van der Waals surface area contributed by atoms with E-state index in [4.69, 9.17) is 6.42 Å². The van der Waals surface area contributed by atoms with Gasteiger partial charge in [-0.2, -0.15) is 0 Å². The van der Waals surface area contributed by atoms with E-state index in [2.05, 4.69) is 37.5 Å². The molecule has 15 heavy (non-hydrogen) atoms.